The average molecular weight is 422 g/mol. The second kappa shape index (κ2) is 11.2. The van der Waals surface area contributed by atoms with Gasteiger partial charge in [0.2, 0.25) is 0 Å². The predicted octanol–water partition coefficient (Wildman–Crippen LogP) is 5.13. The lowest BCUT2D eigenvalue weighted by Gasteiger charge is -2.33. The monoisotopic (exact) mass is 421 g/mol. The third kappa shape index (κ3) is 8.86. The number of nitrogens with zero attached hydrogens (tertiary/aromatic N) is 3. The summed E-state index contributed by atoms with van der Waals surface area (Å²) in [6, 6.07) is 0. The maximum absolute atomic E-state index is 12.1. The number of hydrogen-bond acceptors (Lipinski definition) is 5. The maximum atomic E-state index is 12.1. The fraction of sp³-hybridized carbons (Fsp3) is 0.591. The molecule has 2 rings (SSSR count). The summed E-state index contributed by atoms with van der Waals surface area (Å²) in [5.41, 5.74) is -0.462. The van der Waals surface area contributed by atoms with Crippen molar-refractivity contribution in [2.75, 3.05) is 19.7 Å². The number of amides is 1. The molecule has 0 saturated carbocycles. The average Bonchev–Trinajstić information content (AvgIpc) is 2.69. The lowest BCUT2D eigenvalue weighted by molar-refractivity contribution is 0.0165. The summed E-state index contributed by atoms with van der Waals surface area (Å²) in [6.07, 6.45) is 12.3. The van der Waals surface area contributed by atoms with Crippen LogP contribution >= 0.6 is 11.6 Å². The van der Waals surface area contributed by atoms with Crippen LogP contribution in [0.3, 0.4) is 0 Å². The SMILES string of the molecule is CCC=CC(Cl)=CCc1ncc(OCC2CCN(C(=O)OC(C)(C)C)CC2)cn1. The van der Waals surface area contributed by atoms with Gasteiger partial charge in [0, 0.05) is 24.5 Å². The van der Waals surface area contributed by atoms with Crippen molar-refractivity contribution in [3.8, 4) is 5.75 Å². The van der Waals surface area contributed by atoms with Crippen LogP contribution in [0.4, 0.5) is 4.79 Å². The minimum absolute atomic E-state index is 0.236. The van der Waals surface area contributed by atoms with Crippen molar-refractivity contribution in [2.24, 2.45) is 5.92 Å². The Morgan fingerprint density at radius 2 is 1.93 bits per heavy atom. The van der Waals surface area contributed by atoms with Gasteiger partial charge < -0.3 is 14.4 Å². The van der Waals surface area contributed by atoms with Crippen LogP contribution < -0.4 is 4.74 Å². The Labute approximate surface area is 179 Å². The number of hydrogen-bond donors (Lipinski definition) is 0. The topological polar surface area (TPSA) is 64.5 Å². The molecule has 0 aliphatic carbocycles. The van der Waals surface area contributed by atoms with E-state index in [0.717, 1.165) is 19.3 Å². The van der Waals surface area contributed by atoms with Gasteiger partial charge in [-0.15, -0.1) is 0 Å². The van der Waals surface area contributed by atoms with Crippen molar-refractivity contribution in [2.45, 2.75) is 59.0 Å². The molecule has 1 saturated heterocycles. The van der Waals surface area contributed by atoms with Crippen LogP contribution in [0.25, 0.3) is 0 Å². The van der Waals surface area contributed by atoms with E-state index < -0.39 is 5.60 Å². The highest BCUT2D eigenvalue weighted by Gasteiger charge is 2.27. The summed E-state index contributed by atoms with van der Waals surface area (Å²) < 4.78 is 11.3. The van der Waals surface area contributed by atoms with Gasteiger partial charge in [-0.05, 0) is 52.0 Å². The van der Waals surface area contributed by atoms with Crippen LogP contribution in [-0.2, 0) is 11.2 Å². The minimum atomic E-state index is -0.462. The van der Waals surface area contributed by atoms with Gasteiger partial charge >= 0.3 is 6.09 Å². The zero-order valence-corrected chi connectivity index (χ0v) is 18.6. The number of piperidine rings is 1. The molecule has 0 bridgehead atoms. The summed E-state index contributed by atoms with van der Waals surface area (Å²) in [7, 11) is 0. The fourth-order valence-corrected chi connectivity index (χ4v) is 3.00. The van der Waals surface area contributed by atoms with E-state index in [4.69, 9.17) is 21.1 Å². The minimum Gasteiger partial charge on any atom is -0.490 e. The van der Waals surface area contributed by atoms with Crippen molar-refractivity contribution in [1.29, 1.82) is 0 Å². The molecule has 6 nitrogen and oxygen atoms in total. The van der Waals surface area contributed by atoms with Gasteiger partial charge in [-0.1, -0.05) is 30.7 Å². The van der Waals surface area contributed by atoms with E-state index in [1.54, 1.807) is 17.3 Å². The number of carbonyl (C=O) groups is 1. The Morgan fingerprint density at radius 3 is 2.52 bits per heavy atom. The first-order chi connectivity index (χ1) is 13.8. The third-order valence-corrected chi connectivity index (χ3v) is 4.71. The highest BCUT2D eigenvalue weighted by atomic mass is 35.5. The number of halogens is 1. The second-order valence-corrected chi connectivity index (χ2v) is 8.60. The van der Waals surface area contributed by atoms with Crippen molar-refractivity contribution >= 4 is 17.7 Å². The predicted molar refractivity (Wildman–Crippen MR) is 115 cm³/mol. The number of allylic oxidation sites excluding steroid dienone is 4. The summed E-state index contributed by atoms with van der Waals surface area (Å²) in [5.74, 6) is 1.76. The lowest BCUT2D eigenvalue weighted by atomic mass is 9.98. The van der Waals surface area contributed by atoms with Crippen molar-refractivity contribution in [1.82, 2.24) is 14.9 Å². The van der Waals surface area contributed by atoms with Crippen molar-refractivity contribution < 1.29 is 14.3 Å². The molecule has 1 aliphatic heterocycles. The number of rotatable bonds is 7. The van der Waals surface area contributed by atoms with Gasteiger partial charge in [0.25, 0.3) is 0 Å². The smallest absolute Gasteiger partial charge is 0.410 e. The fourth-order valence-electron chi connectivity index (χ4n) is 2.83. The number of likely N-dealkylation sites (tertiary alicyclic amines) is 1. The molecule has 29 heavy (non-hydrogen) atoms. The molecule has 1 fully saturated rings. The first kappa shape index (κ1) is 23.2. The van der Waals surface area contributed by atoms with Crippen LogP contribution in [0.1, 0.15) is 52.8 Å². The first-order valence-electron chi connectivity index (χ1n) is 10.2. The summed E-state index contributed by atoms with van der Waals surface area (Å²) in [4.78, 5) is 22.6. The standard InChI is InChI=1S/C22H32ClN3O3/c1-5-6-7-18(23)8-9-20-24-14-19(15-25-20)28-16-17-10-12-26(13-11-17)21(27)29-22(2,3)4/h6-8,14-15,17H,5,9-13,16H2,1-4H3. The Kier molecular flexibility index (Phi) is 8.96. The zero-order valence-electron chi connectivity index (χ0n) is 17.9. The molecule has 0 spiro atoms. The van der Waals surface area contributed by atoms with Crippen LogP contribution in [0.2, 0.25) is 0 Å². The molecule has 0 atom stereocenters. The Hall–Kier alpha value is -2.08. The van der Waals surface area contributed by atoms with Crippen LogP contribution in [0.15, 0.2) is 35.7 Å². The molecule has 0 N–H and O–H groups in total. The Bertz CT molecular complexity index is 703. The van der Waals surface area contributed by atoms with Crippen molar-refractivity contribution in [3.05, 3.63) is 41.5 Å². The molecule has 0 unspecified atom stereocenters. The van der Waals surface area contributed by atoms with Gasteiger partial charge in [0.1, 0.15) is 11.4 Å². The van der Waals surface area contributed by atoms with Crippen LogP contribution in [-0.4, -0.2) is 46.3 Å². The van der Waals surface area contributed by atoms with E-state index in [1.807, 2.05) is 39.0 Å². The van der Waals surface area contributed by atoms with E-state index >= 15 is 0 Å². The van der Waals surface area contributed by atoms with Gasteiger partial charge in [0.15, 0.2) is 5.75 Å². The largest absolute Gasteiger partial charge is 0.490 e. The highest BCUT2D eigenvalue weighted by molar-refractivity contribution is 6.31. The van der Waals surface area contributed by atoms with E-state index in [1.165, 1.54) is 0 Å². The van der Waals surface area contributed by atoms with E-state index in [2.05, 4.69) is 16.9 Å². The van der Waals surface area contributed by atoms with E-state index in [0.29, 0.717) is 48.6 Å². The third-order valence-electron chi connectivity index (χ3n) is 4.43. The summed E-state index contributed by atoms with van der Waals surface area (Å²) in [5, 5.41) is 0.688. The van der Waals surface area contributed by atoms with E-state index in [9.17, 15) is 4.79 Å². The molecule has 1 aliphatic rings. The molecule has 160 valence electrons. The number of aromatic nitrogens is 2. The molecular weight excluding hydrogens is 390 g/mol. The molecule has 1 aromatic rings. The Balaban J connectivity index is 1.73. The second-order valence-electron chi connectivity index (χ2n) is 8.16. The highest BCUT2D eigenvalue weighted by Crippen LogP contribution is 2.21. The Morgan fingerprint density at radius 1 is 1.28 bits per heavy atom. The number of carbonyl (C=O) groups excluding carboxylic acids is 1. The van der Waals surface area contributed by atoms with Gasteiger partial charge in [0.05, 0.1) is 19.0 Å². The molecule has 7 heteroatoms. The maximum Gasteiger partial charge on any atom is 0.410 e. The summed E-state index contributed by atoms with van der Waals surface area (Å²) in [6.45, 7) is 9.69. The molecule has 1 aromatic heterocycles. The quantitative estimate of drug-likeness (QED) is 0.570. The zero-order chi connectivity index (χ0) is 21.3. The van der Waals surface area contributed by atoms with Crippen molar-refractivity contribution in [3.63, 3.8) is 0 Å². The molecule has 1 amide bonds. The normalized spacial score (nSPS) is 16.3. The van der Waals surface area contributed by atoms with Gasteiger partial charge in [-0.25, -0.2) is 14.8 Å². The van der Waals surface area contributed by atoms with E-state index in [-0.39, 0.29) is 6.09 Å². The molecule has 2 heterocycles. The molecule has 0 radical (unpaired) electrons. The van der Waals surface area contributed by atoms with Gasteiger partial charge in [-0.3, -0.25) is 0 Å². The first-order valence-corrected chi connectivity index (χ1v) is 10.6. The van der Waals surface area contributed by atoms with Gasteiger partial charge in [-0.2, -0.15) is 0 Å². The van der Waals surface area contributed by atoms with Crippen LogP contribution in [0.5, 0.6) is 5.75 Å². The van der Waals surface area contributed by atoms with Crippen LogP contribution in [0, 0.1) is 5.92 Å². The number of ether oxygens (including phenoxy) is 2. The molecule has 0 aromatic carbocycles. The lowest BCUT2D eigenvalue weighted by Crippen LogP contribution is -2.42. The summed E-state index contributed by atoms with van der Waals surface area (Å²) >= 11 is 6.10. The molecular formula is C22H32ClN3O3.